The van der Waals surface area contributed by atoms with Crippen molar-refractivity contribution in [1.82, 2.24) is 10.6 Å². The lowest BCUT2D eigenvalue weighted by atomic mass is 9.91. The van der Waals surface area contributed by atoms with Crippen LogP contribution in [0.1, 0.15) is 13.8 Å². The van der Waals surface area contributed by atoms with E-state index in [1.165, 1.54) is 0 Å². The molecule has 0 aromatic heterocycles. The SMILES string of the molecule is CC1C=CC=CC1(C)S(=O)(=O)C12CNCC(CNC1)O2. The Morgan fingerprint density at radius 1 is 1.20 bits per heavy atom. The van der Waals surface area contributed by atoms with E-state index >= 15 is 0 Å². The van der Waals surface area contributed by atoms with Crippen LogP contribution in [0.25, 0.3) is 0 Å². The third kappa shape index (κ3) is 1.82. The molecule has 0 aromatic rings. The molecule has 3 aliphatic rings. The zero-order valence-corrected chi connectivity index (χ0v) is 12.7. The summed E-state index contributed by atoms with van der Waals surface area (Å²) in [6.45, 7) is 5.83. The molecule has 2 atom stereocenters. The van der Waals surface area contributed by atoms with Crippen LogP contribution in [0.4, 0.5) is 0 Å². The van der Waals surface area contributed by atoms with Crippen LogP contribution in [0.5, 0.6) is 0 Å². The number of sulfone groups is 1. The average molecular weight is 298 g/mol. The van der Waals surface area contributed by atoms with Gasteiger partial charge in [-0.05, 0) is 12.8 Å². The highest BCUT2D eigenvalue weighted by Crippen LogP contribution is 2.41. The van der Waals surface area contributed by atoms with Gasteiger partial charge in [0, 0.05) is 26.2 Å². The number of hydrogen-bond donors (Lipinski definition) is 2. The maximum absolute atomic E-state index is 13.3. The Morgan fingerprint density at radius 3 is 2.45 bits per heavy atom. The second-order valence-electron chi connectivity index (χ2n) is 6.13. The second kappa shape index (κ2) is 4.66. The minimum atomic E-state index is -3.51. The molecule has 2 bridgehead atoms. The van der Waals surface area contributed by atoms with Gasteiger partial charge in [-0.1, -0.05) is 31.2 Å². The van der Waals surface area contributed by atoms with Crippen LogP contribution in [0.2, 0.25) is 0 Å². The van der Waals surface area contributed by atoms with E-state index in [-0.39, 0.29) is 12.0 Å². The average Bonchev–Trinajstić information content (AvgIpc) is 2.42. The van der Waals surface area contributed by atoms with Crippen molar-refractivity contribution in [3.8, 4) is 0 Å². The lowest BCUT2D eigenvalue weighted by Gasteiger charge is -2.49. The van der Waals surface area contributed by atoms with Gasteiger partial charge in [0.1, 0.15) is 0 Å². The highest BCUT2D eigenvalue weighted by Gasteiger charge is 2.58. The zero-order chi connectivity index (χ0) is 14.4. The zero-order valence-electron chi connectivity index (χ0n) is 11.9. The van der Waals surface area contributed by atoms with E-state index in [0.29, 0.717) is 26.2 Å². The summed E-state index contributed by atoms with van der Waals surface area (Å²) in [5, 5.41) is 6.44. The van der Waals surface area contributed by atoms with Crippen molar-refractivity contribution >= 4 is 9.84 Å². The van der Waals surface area contributed by atoms with E-state index in [0.717, 1.165) is 0 Å². The fourth-order valence-corrected chi connectivity index (χ4v) is 5.74. The maximum Gasteiger partial charge on any atom is 0.194 e. The van der Waals surface area contributed by atoms with Crippen LogP contribution in [-0.4, -0.2) is 50.4 Å². The molecule has 20 heavy (non-hydrogen) atoms. The first-order chi connectivity index (χ1) is 9.41. The minimum Gasteiger partial charge on any atom is -0.350 e. The molecule has 2 unspecified atom stereocenters. The number of nitrogens with one attached hydrogen (secondary N) is 2. The monoisotopic (exact) mass is 298 g/mol. The maximum atomic E-state index is 13.3. The molecular formula is C14H22N2O3S. The topological polar surface area (TPSA) is 67.4 Å². The molecule has 0 radical (unpaired) electrons. The summed E-state index contributed by atoms with van der Waals surface area (Å²) in [6.07, 6.45) is 7.38. The van der Waals surface area contributed by atoms with Crippen LogP contribution >= 0.6 is 0 Å². The van der Waals surface area contributed by atoms with Gasteiger partial charge in [0.15, 0.2) is 14.8 Å². The second-order valence-corrected chi connectivity index (χ2v) is 8.76. The Hall–Kier alpha value is -0.690. The number of morpholine rings is 2. The highest BCUT2D eigenvalue weighted by molar-refractivity contribution is 7.94. The smallest absolute Gasteiger partial charge is 0.194 e. The van der Waals surface area contributed by atoms with E-state index in [2.05, 4.69) is 10.6 Å². The first-order valence-electron chi connectivity index (χ1n) is 7.11. The van der Waals surface area contributed by atoms with Crippen molar-refractivity contribution < 1.29 is 13.2 Å². The molecule has 0 spiro atoms. The quantitative estimate of drug-likeness (QED) is 0.763. The lowest BCUT2D eigenvalue weighted by Crippen LogP contribution is -2.71. The van der Waals surface area contributed by atoms with Crippen LogP contribution in [0.15, 0.2) is 24.3 Å². The molecule has 2 N–H and O–H groups in total. The first-order valence-corrected chi connectivity index (χ1v) is 8.59. The van der Waals surface area contributed by atoms with Gasteiger partial charge in [-0.2, -0.15) is 0 Å². The first kappa shape index (κ1) is 14.3. The van der Waals surface area contributed by atoms with Gasteiger partial charge in [-0.3, -0.25) is 0 Å². The van der Waals surface area contributed by atoms with Crippen molar-refractivity contribution in [3.63, 3.8) is 0 Å². The Kier molecular flexibility index (Phi) is 3.32. The minimum absolute atomic E-state index is 0.0715. The fourth-order valence-electron chi connectivity index (χ4n) is 3.26. The summed E-state index contributed by atoms with van der Waals surface area (Å²) in [7, 11) is -3.51. The summed E-state index contributed by atoms with van der Waals surface area (Å²) in [5.74, 6) is -0.0715. The predicted molar refractivity (Wildman–Crippen MR) is 78.1 cm³/mol. The number of rotatable bonds is 2. The van der Waals surface area contributed by atoms with E-state index < -0.39 is 19.5 Å². The molecule has 0 saturated carbocycles. The van der Waals surface area contributed by atoms with E-state index in [1.54, 1.807) is 13.0 Å². The standard InChI is InChI=1S/C14H22N2O3S/c1-11-5-3-4-6-13(11,2)20(17,18)14-9-15-7-12(19-14)8-16-10-14/h3-6,11-12,15-16H,7-10H2,1-2H3. The molecule has 6 heteroatoms. The molecule has 112 valence electrons. The molecule has 5 nitrogen and oxygen atoms in total. The summed E-state index contributed by atoms with van der Waals surface area (Å²) < 4.78 is 31.7. The molecule has 2 fully saturated rings. The summed E-state index contributed by atoms with van der Waals surface area (Å²) in [5.41, 5.74) is 0. The number of ether oxygens (including phenoxy) is 1. The van der Waals surface area contributed by atoms with Crippen LogP contribution in [0, 0.1) is 5.92 Å². The summed E-state index contributed by atoms with van der Waals surface area (Å²) in [6, 6.07) is 0. The normalized spacial score (nSPS) is 44.5. The molecule has 3 rings (SSSR count). The number of hydrogen-bond acceptors (Lipinski definition) is 5. The predicted octanol–water partition coefficient (Wildman–Crippen LogP) is 0.210. The van der Waals surface area contributed by atoms with Gasteiger partial charge in [0.25, 0.3) is 0 Å². The number of allylic oxidation sites excluding steroid dienone is 3. The third-order valence-electron chi connectivity index (χ3n) is 4.83. The molecule has 2 saturated heterocycles. The molecule has 0 aromatic carbocycles. The Labute approximate surface area is 120 Å². The summed E-state index contributed by atoms with van der Waals surface area (Å²) in [4.78, 5) is -1.16. The van der Waals surface area contributed by atoms with Gasteiger partial charge in [-0.25, -0.2) is 8.42 Å². The van der Waals surface area contributed by atoms with Crippen molar-refractivity contribution in [2.45, 2.75) is 29.6 Å². The molecular weight excluding hydrogens is 276 g/mol. The van der Waals surface area contributed by atoms with Crippen molar-refractivity contribution in [1.29, 1.82) is 0 Å². The van der Waals surface area contributed by atoms with E-state index in [4.69, 9.17) is 4.74 Å². The molecule has 2 aliphatic heterocycles. The van der Waals surface area contributed by atoms with Gasteiger partial charge >= 0.3 is 0 Å². The van der Waals surface area contributed by atoms with Crippen LogP contribution < -0.4 is 10.6 Å². The fraction of sp³-hybridized carbons (Fsp3) is 0.714. The van der Waals surface area contributed by atoms with Crippen molar-refractivity contribution in [2.24, 2.45) is 5.92 Å². The van der Waals surface area contributed by atoms with Gasteiger partial charge in [-0.15, -0.1) is 0 Å². The molecule has 1 aliphatic carbocycles. The van der Waals surface area contributed by atoms with Crippen LogP contribution in [-0.2, 0) is 14.6 Å². The van der Waals surface area contributed by atoms with E-state index in [1.807, 2.05) is 25.2 Å². The number of fused-ring (bicyclic) bond motifs is 2. The summed E-state index contributed by atoms with van der Waals surface area (Å²) >= 11 is 0. The Balaban J connectivity index is 2.03. The molecule has 2 heterocycles. The Bertz CT molecular complexity index is 545. The van der Waals surface area contributed by atoms with Gasteiger partial charge in [0.05, 0.1) is 10.9 Å². The molecule has 0 amide bonds. The largest absolute Gasteiger partial charge is 0.350 e. The van der Waals surface area contributed by atoms with Crippen molar-refractivity contribution in [2.75, 3.05) is 26.2 Å². The van der Waals surface area contributed by atoms with Crippen LogP contribution in [0.3, 0.4) is 0 Å². The Morgan fingerprint density at radius 2 is 1.85 bits per heavy atom. The highest BCUT2D eigenvalue weighted by atomic mass is 32.2. The lowest BCUT2D eigenvalue weighted by molar-refractivity contribution is -0.0870. The van der Waals surface area contributed by atoms with Crippen molar-refractivity contribution in [3.05, 3.63) is 24.3 Å². The van der Waals surface area contributed by atoms with E-state index in [9.17, 15) is 8.42 Å². The van der Waals surface area contributed by atoms with Gasteiger partial charge < -0.3 is 15.4 Å². The third-order valence-corrected chi connectivity index (χ3v) is 7.86. The van der Waals surface area contributed by atoms with Gasteiger partial charge in [0.2, 0.25) is 0 Å².